The van der Waals surface area contributed by atoms with Gasteiger partial charge in [0.25, 0.3) is 0 Å². The van der Waals surface area contributed by atoms with Crippen molar-refractivity contribution in [3.05, 3.63) is 46.6 Å². The van der Waals surface area contributed by atoms with Gasteiger partial charge in [0.2, 0.25) is 0 Å². The Morgan fingerprint density at radius 3 is 2.59 bits per heavy atom. The summed E-state index contributed by atoms with van der Waals surface area (Å²) in [6, 6.07) is 1.28. The summed E-state index contributed by atoms with van der Waals surface area (Å²) in [6.07, 6.45) is 7.70. The first-order valence-electron chi connectivity index (χ1n) is 9.80. The maximum atomic E-state index is 12.4. The molecule has 0 saturated carbocycles. The summed E-state index contributed by atoms with van der Waals surface area (Å²) < 4.78 is 4.93. The number of carbonyl (C=O) groups excluding carboxylic acids is 1. The van der Waals surface area contributed by atoms with Crippen LogP contribution in [-0.2, 0) is 11.2 Å². The number of esters is 1. The Morgan fingerprint density at radius 2 is 2.00 bits per heavy atom. The van der Waals surface area contributed by atoms with Gasteiger partial charge in [-0.1, -0.05) is 43.6 Å². The van der Waals surface area contributed by atoms with Crippen molar-refractivity contribution in [3.63, 3.8) is 0 Å². The molecule has 148 valence electrons. The number of hydrogen-bond donors (Lipinski definition) is 2. The largest absolute Gasteiger partial charge is 0.507 e. The molecule has 0 aromatic heterocycles. The minimum Gasteiger partial charge on any atom is -0.507 e. The zero-order valence-corrected chi connectivity index (χ0v) is 17.0. The van der Waals surface area contributed by atoms with Gasteiger partial charge in [0.1, 0.15) is 17.1 Å². The van der Waals surface area contributed by atoms with Crippen LogP contribution >= 0.6 is 0 Å². The van der Waals surface area contributed by atoms with Gasteiger partial charge in [0, 0.05) is 17.5 Å². The first kappa shape index (κ1) is 21.1. The molecule has 0 fully saturated rings. The van der Waals surface area contributed by atoms with Crippen LogP contribution in [0.3, 0.4) is 0 Å². The number of benzene rings is 1. The summed E-state index contributed by atoms with van der Waals surface area (Å²) in [4.78, 5) is 12.4. The van der Waals surface area contributed by atoms with E-state index in [1.807, 2.05) is 6.92 Å². The van der Waals surface area contributed by atoms with Gasteiger partial charge in [0.15, 0.2) is 0 Å². The maximum absolute atomic E-state index is 12.4. The third-order valence-corrected chi connectivity index (χ3v) is 5.57. The Labute approximate surface area is 162 Å². The lowest BCUT2D eigenvalue weighted by atomic mass is 9.72. The van der Waals surface area contributed by atoms with Crippen LogP contribution in [-0.4, -0.2) is 23.3 Å². The van der Waals surface area contributed by atoms with Crippen molar-refractivity contribution in [1.82, 2.24) is 0 Å². The fourth-order valence-corrected chi connectivity index (χ4v) is 4.14. The molecule has 0 unspecified atom stereocenters. The number of aromatic hydroxyl groups is 2. The summed E-state index contributed by atoms with van der Waals surface area (Å²) in [5, 5.41) is 21.2. The second kappa shape index (κ2) is 9.12. The van der Waals surface area contributed by atoms with Crippen molar-refractivity contribution in [2.24, 2.45) is 5.92 Å². The number of allylic oxidation sites excluding steroid dienone is 3. The van der Waals surface area contributed by atoms with E-state index in [-0.39, 0.29) is 28.9 Å². The van der Waals surface area contributed by atoms with Gasteiger partial charge in [-0.05, 0) is 51.0 Å². The first-order chi connectivity index (χ1) is 12.8. The van der Waals surface area contributed by atoms with E-state index >= 15 is 0 Å². The predicted molar refractivity (Wildman–Crippen MR) is 108 cm³/mol. The Balaban J connectivity index is 2.70. The highest BCUT2D eigenvalue weighted by Gasteiger charge is 2.33. The number of hydrogen-bond acceptors (Lipinski definition) is 4. The molecule has 1 aromatic rings. The zero-order valence-electron chi connectivity index (χ0n) is 17.0. The van der Waals surface area contributed by atoms with Gasteiger partial charge in [-0.2, -0.15) is 0 Å². The lowest BCUT2D eigenvalue weighted by molar-refractivity contribution is 0.0596. The third-order valence-electron chi connectivity index (χ3n) is 5.57. The van der Waals surface area contributed by atoms with Gasteiger partial charge in [0.05, 0.1) is 7.11 Å². The van der Waals surface area contributed by atoms with E-state index in [1.54, 1.807) is 0 Å². The molecule has 1 aromatic carbocycles. The minimum absolute atomic E-state index is 0.0360. The van der Waals surface area contributed by atoms with E-state index in [0.29, 0.717) is 12.0 Å². The Bertz CT molecular complexity index is 745. The molecular formula is C23H32O4. The summed E-state index contributed by atoms with van der Waals surface area (Å²) in [5.41, 5.74) is 3.95. The normalized spacial score (nSPS) is 19.5. The highest BCUT2D eigenvalue weighted by Crippen LogP contribution is 2.47. The smallest absolute Gasteiger partial charge is 0.341 e. The highest BCUT2D eigenvalue weighted by molar-refractivity contribution is 5.95. The van der Waals surface area contributed by atoms with Crippen LogP contribution in [0.15, 0.2) is 29.9 Å². The number of carbonyl (C=O) groups is 1. The Kier molecular flexibility index (Phi) is 7.11. The molecule has 0 amide bonds. The molecule has 1 aliphatic carbocycles. The third kappa shape index (κ3) is 4.55. The van der Waals surface area contributed by atoms with Crippen molar-refractivity contribution in [2.45, 2.75) is 65.2 Å². The van der Waals surface area contributed by atoms with E-state index in [4.69, 9.17) is 4.74 Å². The number of phenols is 2. The van der Waals surface area contributed by atoms with E-state index in [9.17, 15) is 15.0 Å². The van der Waals surface area contributed by atoms with Crippen molar-refractivity contribution < 1.29 is 19.7 Å². The lowest BCUT2D eigenvalue weighted by Gasteiger charge is -2.33. The first-order valence-corrected chi connectivity index (χ1v) is 9.80. The molecule has 2 N–H and O–H groups in total. The quantitative estimate of drug-likeness (QED) is 0.370. The topological polar surface area (TPSA) is 66.8 Å². The van der Waals surface area contributed by atoms with Crippen LogP contribution in [0.5, 0.6) is 11.5 Å². The van der Waals surface area contributed by atoms with Gasteiger partial charge in [-0.3, -0.25) is 0 Å². The molecule has 4 heteroatoms. The molecule has 0 bridgehead atoms. The van der Waals surface area contributed by atoms with E-state index in [1.165, 1.54) is 18.7 Å². The van der Waals surface area contributed by atoms with Crippen LogP contribution in [0.25, 0.3) is 0 Å². The van der Waals surface area contributed by atoms with Crippen LogP contribution in [0.2, 0.25) is 0 Å². The van der Waals surface area contributed by atoms with E-state index < -0.39 is 5.97 Å². The Morgan fingerprint density at radius 1 is 1.30 bits per heavy atom. The monoisotopic (exact) mass is 372 g/mol. The average Bonchev–Trinajstić information content (AvgIpc) is 2.61. The molecule has 0 radical (unpaired) electrons. The van der Waals surface area contributed by atoms with Crippen LogP contribution in [0.4, 0.5) is 0 Å². The van der Waals surface area contributed by atoms with Crippen LogP contribution in [0, 0.1) is 5.92 Å². The zero-order chi connectivity index (χ0) is 20.1. The average molecular weight is 373 g/mol. The van der Waals surface area contributed by atoms with Gasteiger partial charge in [-0.15, -0.1) is 0 Å². The minimum atomic E-state index is -0.566. The number of unbranched alkanes of at least 4 members (excludes halogenated alkanes) is 2. The van der Waals surface area contributed by atoms with E-state index in [2.05, 4.69) is 26.5 Å². The lowest BCUT2D eigenvalue weighted by Crippen LogP contribution is -2.20. The van der Waals surface area contributed by atoms with Gasteiger partial charge in [-0.25, -0.2) is 4.79 Å². The fourth-order valence-electron chi connectivity index (χ4n) is 4.14. The summed E-state index contributed by atoms with van der Waals surface area (Å²) in [7, 11) is 1.31. The predicted octanol–water partition coefficient (Wildman–Crippen LogP) is 5.63. The second-order valence-electron chi connectivity index (χ2n) is 7.66. The molecule has 1 aliphatic rings. The standard InChI is InChI=1S/C23H32O4/c1-6-7-8-9-17-21(18-12-15(4)10-11-16(18)14(2)3)19(24)13-20(25)22(17)23(26)27-5/h12-13,16,18,24-25H,2,6-11H2,1,3-5H3/t16-,18-/m0/s1. The SMILES string of the molecule is C=C(C)[C@@H]1CCC(C)=C[C@@H]1c1c(O)cc(O)c(C(=O)OC)c1CCCCC. The summed E-state index contributed by atoms with van der Waals surface area (Å²) in [6.45, 7) is 10.4. The van der Waals surface area contributed by atoms with E-state index in [0.717, 1.165) is 43.2 Å². The summed E-state index contributed by atoms with van der Waals surface area (Å²) >= 11 is 0. The van der Waals surface area contributed by atoms with Crippen LogP contribution < -0.4 is 0 Å². The van der Waals surface area contributed by atoms with Crippen molar-refractivity contribution >= 4 is 5.97 Å². The molecule has 0 aliphatic heterocycles. The second-order valence-corrected chi connectivity index (χ2v) is 7.66. The molecule has 2 rings (SSSR count). The molecule has 0 heterocycles. The van der Waals surface area contributed by atoms with Crippen molar-refractivity contribution in [1.29, 1.82) is 0 Å². The van der Waals surface area contributed by atoms with Gasteiger partial charge >= 0.3 is 5.97 Å². The van der Waals surface area contributed by atoms with Gasteiger partial charge < -0.3 is 14.9 Å². The Hall–Kier alpha value is -2.23. The van der Waals surface area contributed by atoms with Crippen LogP contribution in [0.1, 0.15) is 80.3 Å². The molecule has 27 heavy (non-hydrogen) atoms. The molecule has 0 spiro atoms. The van der Waals surface area contributed by atoms with Crippen molar-refractivity contribution in [2.75, 3.05) is 7.11 Å². The molecule has 2 atom stereocenters. The molecule has 4 nitrogen and oxygen atoms in total. The number of phenolic OH excluding ortho intramolecular Hbond substituents is 2. The number of methoxy groups -OCH3 is 1. The maximum Gasteiger partial charge on any atom is 0.341 e. The molecule has 0 saturated heterocycles. The van der Waals surface area contributed by atoms with Crippen molar-refractivity contribution in [3.8, 4) is 11.5 Å². The molecular weight excluding hydrogens is 340 g/mol. The highest BCUT2D eigenvalue weighted by atomic mass is 16.5. The summed E-state index contributed by atoms with van der Waals surface area (Å²) in [5.74, 6) is -0.619. The fraction of sp³-hybridized carbons (Fsp3) is 0.522. The number of rotatable bonds is 7. The number of ether oxygens (including phenoxy) is 1.